The number of ether oxygens (including phenoxy) is 1. The number of hydrogen-bond acceptors (Lipinski definition) is 6. The van der Waals surface area contributed by atoms with Crippen LogP contribution in [-0.4, -0.2) is 23.1 Å². The number of aromatic nitrogens is 1. The number of anilines is 2. The van der Waals surface area contributed by atoms with Gasteiger partial charge in [0.25, 0.3) is 11.8 Å². The van der Waals surface area contributed by atoms with E-state index in [4.69, 9.17) is 13.7 Å². The number of fused-ring (bicyclic) bond motifs is 2. The fourth-order valence-electron chi connectivity index (χ4n) is 4.51. The SMILES string of the molecule is Cc1cccc(NC(=O)c2oc3ccccc3c2NC(=O)c2cc(-c3ccc4c(c3)C[C@@H](C)O4)on2)c1. The van der Waals surface area contributed by atoms with E-state index in [0.717, 1.165) is 28.9 Å². The van der Waals surface area contributed by atoms with E-state index in [1.54, 1.807) is 30.3 Å². The van der Waals surface area contributed by atoms with Crippen LogP contribution in [0.15, 0.2) is 81.7 Å². The topological polar surface area (TPSA) is 107 Å². The molecule has 2 amide bonds. The van der Waals surface area contributed by atoms with Gasteiger partial charge in [0.15, 0.2) is 11.5 Å². The number of carbonyl (C=O) groups excluding carboxylic acids is 2. The van der Waals surface area contributed by atoms with E-state index >= 15 is 0 Å². The molecular weight excluding hydrogens is 470 g/mol. The van der Waals surface area contributed by atoms with E-state index in [-0.39, 0.29) is 23.2 Å². The molecule has 0 unspecified atom stereocenters. The van der Waals surface area contributed by atoms with Crippen LogP contribution in [0.25, 0.3) is 22.3 Å². The van der Waals surface area contributed by atoms with Crippen LogP contribution in [0.3, 0.4) is 0 Å². The van der Waals surface area contributed by atoms with Crippen LogP contribution < -0.4 is 15.4 Å². The number of rotatable bonds is 5. The van der Waals surface area contributed by atoms with Gasteiger partial charge >= 0.3 is 0 Å². The van der Waals surface area contributed by atoms with Crippen LogP contribution >= 0.6 is 0 Å². The van der Waals surface area contributed by atoms with Gasteiger partial charge in [0.05, 0.1) is 0 Å². The number of aryl methyl sites for hydroxylation is 1. The third-order valence-corrected chi connectivity index (χ3v) is 6.24. The van der Waals surface area contributed by atoms with Gasteiger partial charge in [-0.1, -0.05) is 29.4 Å². The predicted molar refractivity (Wildman–Crippen MR) is 139 cm³/mol. The second-order valence-corrected chi connectivity index (χ2v) is 9.11. The minimum absolute atomic E-state index is 0.00693. The molecule has 2 aromatic heterocycles. The summed E-state index contributed by atoms with van der Waals surface area (Å²) >= 11 is 0. The van der Waals surface area contributed by atoms with Crippen LogP contribution in [0, 0.1) is 6.92 Å². The average molecular weight is 494 g/mol. The van der Waals surface area contributed by atoms with E-state index in [2.05, 4.69) is 15.8 Å². The van der Waals surface area contributed by atoms with Gasteiger partial charge in [0.2, 0.25) is 5.76 Å². The van der Waals surface area contributed by atoms with Gasteiger partial charge < -0.3 is 24.3 Å². The lowest BCUT2D eigenvalue weighted by Gasteiger charge is -2.07. The summed E-state index contributed by atoms with van der Waals surface area (Å²) in [5.74, 6) is 0.309. The zero-order chi connectivity index (χ0) is 25.5. The highest BCUT2D eigenvalue weighted by Crippen LogP contribution is 2.34. The van der Waals surface area contributed by atoms with Crippen molar-refractivity contribution in [1.29, 1.82) is 0 Å². The average Bonchev–Trinajstić information content (AvgIpc) is 3.60. The lowest BCUT2D eigenvalue weighted by atomic mass is 10.1. The summed E-state index contributed by atoms with van der Waals surface area (Å²) in [5, 5.41) is 10.2. The standard InChI is InChI=1S/C29H23N3O5/c1-16-6-5-7-20(12-16)30-29(34)27-26(21-8-3-4-9-24(21)36-27)31-28(33)22-15-25(37-32-22)18-10-11-23-19(14-18)13-17(2)35-23/h3-12,14-15,17H,13H2,1-2H3,(H,30,34)(H,31,33)/t17-/m1/s1. The van der Waals surface area contributed by atoms with Crippen molar-refractivity contribution in [2.45, 2.75) is 26.4 Å². The molecule has 2 N–H and O–H groups in total. The molecule has 0 spiro atoms. The largest absolute Gasteiger partial charge is 0.490 e. The molecule has 1 aliphatic rings. The Bertz CT molecular complexity index is 1670. The van der Waals surface area contributed by atoms with Gasteiger partial charge in [-0.2, -0.15) is 0 Å². The normalized spacial score (nSPS) is 14.3. The first-order valence-corrected chi connectivity index (χ1v) is 11.9. The lowest BCUT2D eigenvalue weighted by molar-refractivity contribution is 0.0999. The number of carbonyl (C=O) groups is 2. The van der Waals surface area contributed by atoms with Crippen LogP contribution in [0.2, 0.25) is 0 Å². The minimum atomic E-state index is -0.524. The molecule has 3 heterocycles. The molecule has 0 aliphatic carbocycles. The summed E-state index contributed by atoms with van der Waals surface area (Å²) in [5.41, 5.74) is 4.33. The van der Waals surface area contributed by atoms with E-state index in [0.29, 0.717) is 22.4 Å². The smallest absolute Gasteiger partial charge is 0.293 e. The molecule has 0 radical (unpaired) electrons. The first-order chi connectivity index (χ1) is 17.9. The summed E-state index contributed by atoms with van der Waals surface area (Å²) in [7, 11) is 0. The van der Waals surface area contributed by atoms with Crippen molar-refractivity contribution >= 4 is 34.2 Å². The molecule has 0 fully saturated rings. The predicted octanol–water partition coefficient (Wildman–Crippen LogP) is 6.22. The summed E-state index contributed by atoms with van der Waals surface area (Å²) in [4.78, 5) is 26.3. The van der Waals surface area contributed by atoms with Crippen molar-refractivity contribution in [3.63, 3.8) is 0 Å². The minimum Gasteiger partial charge on any atom is -0.490 e. The van der Waals surface area contributed by atoms with Crippen LogP contribution in [0.5, 0.6) is 5.75 Å². The fourth-order valence-corrected chi connectivity index (χ4v) is 4.51. The molecule has 6 rings (SSSR count). The Hall–Kier alpha value is -4.85. The van der Waals surface area contributed by atoms with Crippen LogP contribution in [0.4, 0.5) is 11.4 Å². The Morgan fingerprint density at radius 3 is 2.68 bits per heavy atom. The Labute approximate surface area is 212 Å². The molecule has 1 atom stereocenters. The number of nitrogens with one attached hydrogen (secondary N) is 2. The van der Waals surface area contributed by atoms with E-state index in [1.807, 2.05) is 56.3 Å². The molecule has 1 aliphatic heterocycles. The van der Waals surface area contributed by atoms with Gasteiger partial charge in [-0.3, -0.25) is 9.59 Å². The Balaban J connectivity index is 1.28. The molecule has 8 heteroatoms. The molecule has 0 bridgehead atoms. The molecule has 0 saturated carbocycles. The second kappa shape index (κ2) is 8.98. The van der Waals surface area contributed by atoms with Gasteiger partial charge in [-0.25, -0.2) is 0 Å². The summed E-state index contributed by atoms with van der Waals surface area (Å²) in [6, 6.07) is 21.9. The second-order valence-electron chi connectivity index (χ2n) is 9.11. The Morgan fingerprint density at radius 1 is 0.946 bits per heavy atom. The first-order valence-electron chi connectivity index (χ1n) is 11.9. The van der Waals surface area contributed by atoms with Crippen molar-refractivity contribution in [2.75, 3.05) is 10.6 Å². The van der Waals surface area contributed by atoms with Gasteiger partial charge in [0, 0.05) is 29.1 Å². The van der Waals surface area contributed by atoms with Crippen molar-refractivity contribution in [2.24, 2.45) is 0 Å². The lowest BCUT2D eigenvalue weighted by Crippen LogP contribution is -2.17. The van der Waals surface area contributed by atoms with Crippen LogP contribution in [-0.2, 0) is 6.42 Å². The molecule has 37 heavy (non-hydrogen) atoms. The Kier molecular flexibility index (Phi) is 5.49. The summed E-state index contributed by atoms with van der Waals surface area (Å²) in [6.07, 6.45) is 0.939. The summed E-state index contributed by atoms with van der Waals surface area (Å²) in [6.45, 7) is 3.96. The van der Waals surface area contributed by atoms with E-state index in [9.17, 15) is 9.59 Å². The maximum absolute atomic E-state index is 13.2. The highest BCUT2D eigenvalue weighted by atomic mass is 16.5. The maximum Gasteiger partial charge on any atom is 0.293 e. The molecule has 3 aromatic carbocycles. The van der Waals surface area contributed by atoms with Gasteiger partial charge in [-0.15, -0.1) is 0 Å². The fraction of sp³-hybridized carbons (Fsp3) is 0.138. The van der Waals surface area contributed by atoms with Crippen molar-refractivity contribution < 1.29 is 23.3 Å². The van der Waals surface area contributed by atoms with Crippen molar-refractivity contribution in [1.82, 2.24) is 5.16 Å². The molecule has 184 valence electrons. The van der Waals surface area contributed by atoms with Crippen molar-refractivity contribution in [3.8, 4) is 17.1 Å². The van der Waals surface area contributed by atoms with Crippen molar-refractivity contribution in [3.05, 3.63) is 95.4 Å². The highest BCUT2D eigenvalue weighted by Gasteiger charge is 2.25. The summed E-state index contributed by atoms with van der Waals surface area (Å²) < 4.78 is 17.1. The monoisotopic (exact) mass is 493 g/mol. The number of benzene rings is 3. The molecule has 0 saturated heterocycles. The quantitative estimate of drug-likeness (QED) is 0.301. The number of para-hydroxylation sites is 1. The zero-order valence-corrected chi connectivity index (χ0v) is 20.2. The molecule has 5 aromatic rings. The van der Waals surface area contributed by atoms with E-state index in [1.165, 1.54) is 0 Å². The van der Waals surface area contributed by atoms with Crippen LogP contribution in [0.1, 0.15) is 39.1 Å². The Morgan fingerprint density at radius 2 is 1.81 bits per heavy atom. The highest BCUT2D eigenvalue weighted by molar-refractivity contribution is 6.16. The third-order valence-electron chi connectivity index (χ3n) is 6.24. The number of nitrogens with zero attached hydrogens (tertiary/aromatic N) is 1. The zero-order valence-electron chi connectivity index (χ0n) is 20.2. The first kappa shape index (κ1) is 22.6. The molecule has 8 nitrogen and oxygen atoms in total. The van der Waals surface area contributed by atoms with E-state index < -0.39 is 11.8 Å². The number of amides is 2. The maximum atomic E-state index is 13.2. The number of hydrogen-bond donors (Lipinski definition) is 2. The van der Waals surface area contributed by atoms with Gasteiger partial charge in [-0.05, 0) is 67.4 Å². The van der Waals surface area contributed by atoms with Gasteiger partial charge in [0.1, 0.15) is 23.1 Å². The third kappa shape index (κ3) is 4.33. The molecular formula is C29H23N3O5. The number of furan rings is 1.